The van der Waals surface area contributed by atoms with Crippen LogP contribution in [0.3, 0.4) is 0 Å². The molecule has 0 saturated carbocycles. The van der Waals surface area contributed by atoms with Gasteiger partial charge in [-0.2, -0.15) is 0 Å². The van der Waals surface area contributed by atoms with E-state index >= 15 is 0 Å². The number of terminal acetylenes is 1. The average Bonchev–Trinajstić information content (AvgIpc) is 3.14. The van der Waals surface area contributed by atoms with E-state index in [1.54, 1.807) is 6.08 Å². The van der Waals surface area contributed by atoms with Gasteiger partial charge in [-0.25, -0.2) is 0 Å². The van der Waals surface area contributed by atoms with E-state index in [0.29, 0.717) is 0 Å². The summed E-state index contributed by atoms with van der Waals surface area (Å²) in [5.41, 5.74) is 6.95. The summed E-state index contributed by atoms with van der Waals surface area (Å²) in [7, 11) is 0. The minimum Gasteiger partial charge on any atom is -0.283 e. The Bertz CT molecular complexity index is 2410. The minimum atomic E-state index is -0.745. The zero-order valence-electron chi connectivity index (χ0n) is 29.5. The number of hydrogen-bond donors (Lipinski definition) is 1. The molecule has 246 valence electrons. The second-order valence-electron chi connectivity index (χ2n) is 13.9. The standard InChI is InChI=1S/C47H43N3/c1-7-8-19-38-32(2)43(30-35-17-9-11-20-39(35)38)33(3)49-47(6,37-25-27-46(5,28-26-37)45-24-15-16-29-48-45)50-34(4)44-31-36-18-10-12-21-40(36)41-22-13-14-23-42(41)44/h1,8-27,29-31,33,49H,28H2,2-6H3/b19-8-,50-34?/t33-,46?,47?/m1/s1. The molecule has 0 radical (unpaired) electrons. The lowest BCUT2D eigenvalue weighted by Crippen LogP contribution is -2.45. The Kier molecular flexibility index (Phi) is 8.83. The van der Waals surface area contributed by atoms with Crippen molar-refractivity contribution in [3.8, 4) is 12.3 Å². The van der Waals surface area contributed by atoms with Crippen molar-refractivity contribution in [2.24, 2.45) is 4.99 Å². The van der Waals surface area contributed by atoms with Gasteiger partial charge in [0.1, 0.15) is 5.66 Å². The van der Waals surface area contributed by atoms with Crippen LogP contribution in [0.2, 0.25) is 0 Å². The van der Waals surface area contributed by atoms with E-state index in [0.717, 1.165) is 34.5 Å². The van der Waals surface area contributed by atoms with Gasteiger partial charge in [-0.15, -0.1) is 6.42 Å². The lowest BCUT2D eigenvalue weighted by Gasteiger charge is -2.37. The molecule has 7 rings (SSSR count). The van der Waals surface area contributed by atoms with Crippen LogP contribution in [0.1, 0.15) is 68.1 Å². The highest BCUT2D eigenvalue weighted by atomic mass is 15.2. The van der Waals surface area contributed by atoms with E-state index in [1.165, 1.54) is 43.4 Å². The van der Waals surface area contributed by atoms with Crippen molar-refractivity contribution in [2.45, 2.75) is 58.2 Å². The lowest BCUT2D eigenvalue weighted by atomic mass is 9.77. The summed E-state index contributed by atoms with van der Waals surface area (Å²) in [5.74, 6) is 2.68. The van der Waals surface area contributed by atoms with Gasteiger partial charge in [-0.1, -0.05) is 110 Å². The minimum absolute atomic E-state index is 0.0362. The molecule has 0 saturated heterocycles. The van der Waals surface area contributed by atoms with Crippen molar-refractivity contribution < 1.29 is 0 Å². The molecule has 0 aliphatic heterocycles. The molecule has 3 nitrogen and oxygen atoms in total. The third-order valence-electron chi connectivity index (χ3n) is 10.4. The first kappa shape index (κ1) is 33.0. The molecule has 2 unspecified atom stereocenters. The molecule has 0 fully saturated rings. The smallest absolute Gasteiger partial charge is 0.133 e. The predicted molar refractivity (Wildman–Crippen MR) is 214 cm³/mol. The van der Waals surface area contributed by atoms with Crippen molar-refractivity contribution in [3.05, 3.63) is 167 Å². The van der Waals surface area contributed by atoms with Crippen LogP contribution in [-0.2, 0) is 5.41 Å². The van der Waals surface area contributed by atoms with Gasteiger partial charge in [0, 0.05) is 28.9 Å². The Balaban J connectivity index is 1.36. The van der Waals surface area contributed by atoms with E-state index in [9.17, 15) is 0 Å². The number of hydrogen-bond acceptors (Lipinski definition) is 3. The number of aliphatic imine (C=N–C) groups is 1. The summed E-state index contributed by atoms with van der Waals surface area (Å²) in [6.07, 6.45) is 19.1. The van der Waals surface area contributed by atoms with Crippen molar-refractivity contribution >= 4 is 44.1 Å². The third kappa shape index (κ3) is 6.09. The van der Waals surface area contributed by atoms with Crippen LogP contribution in [0.5, 0.6) is 0 Å². The normalized spacial score (nSPS) is 18.3. The Morgan fingerprint density at radius 1 is 0.920 bits per heavy atom. The molecule has 1 aliphatic carbocycles. The molecule has 3 atom stereocenters. The van der Waals surface area contributed by atoms with Gasteiger partial charge >= 0.3 is 0 Å². The van der Waals surface area contributed by atoms with Crippen molar-refractivity contribution in [3.63, 3.8) is 0 Å². The molecule has 5 aromatic carbocycles. The number of fused-ring (bicyclic) bond motifs is 4. The van der Waals surface area contributed by atoms with Crippen LogP contribution in [0.15, 0.2) is 144 Å². The number of allylic oxidation sites excluding steroid dienone is 3. The van der Waals surface area contributed by atoms with Crippen LogP contribution in [0.4, 0.5) is 0 Å². The number of rotatable bonds is 8. The van der Waals surface area contributed by atoms with E-state index in [-0.39, 0.29) is 11.5 Å². The highest BCUT2D eigenvalue weighted by Crippen LogP contribution is 2.38. The Hall–Kier alpha value is -5.56. The van der Waals surface area contributed by atoms with Gasteiger partial charge in [0.15, 0.2) is 0 Å². The predicted octanol–water partition coefficient (Wildman–Crippen LogP) is 11.2. The van der Waals surface area contributed by atoms with Gasteiger partial charge in [-0.05, 0) is 125 Å². The number of pyridine rings is 1. The van der Waals surface area contributed by atoms with Gasteiger partial charge < -0.3 is 0 Å². The first-order valence-corrected chi connectivity index (χ1v) is 17.4. The number of benzene rings is 5. The van der Waals surface area contributed by atoms with Crippen molar-refractivity contribution in [1.82, 2.24) is 10.3 Å². The fourth-order valence-electron chi connectivity index (χ4n) is 7.71. The molecular formula is C47H43N3. The fraction of sp³-hybridized carbons (Fsp3) is 0.191. The number of nitrogens with zero attached hydrogens (tertiary/aromatic N) is 2. The Morgan fingerprint density at radius 3 is 2.26 bits per heavy atom. The molecule has 0 amide bonds. The molecule has 3 heteroatoms. The number of aromatic nitrogens is 1. The van der Waals surface area contributed by atoms with Gasteiger partial charge in [0.05, 0.1) is 5.69 Å². The second kappa shape index (κ2) is 13.4. The highest BCUT2D eigenvalue weighted by molar-refractivity contribution is 6.18. The summed E-state index contributed by atoms with van der Waals surface area (Å²) in [6, 6.07) is 36.5. The van der Waals surface area contributed by atoms with Crippen LogP contribution >= 0.6 is 0 Å². The Labute approximate surface area is 296 Å². The summed E-state index contributed by atoms with van der Waals surface area (Å²) < 4.78 is 0. The third-order valence-corrected chi connectivity index (χ3v) is 10.4. The van der Waals surface area contributed by atoms with Crippen LogP contribution in [-0.4, -0.2) is 16.4 Å². The molecule has 0 bridgehead atoms. The van der Waals surface area contributed by atoms with E-state index in [1.807, 2.05) is 12.3 Å². The summed E-state index contributed by atoms with van der Waals surface area (Å²) in [6.45, 7) is 11.1. The topological polar surface area (TPSA) is 37.3 Å². The molecule has 1 aliphatic rings. The maximum atomic E-state index is 5.67. The first-order chi connectivity index (χ1) is 24.2. The van der Waals surface area contributed by atoms with E-state index in [2.05, 4.69) is 167 Å². The largest absolute Gasteiger partial charge is 0.283 e. The SMILES string of the molecule is C#C/C=C\c1c(C)c([C@@H](C)NC(C)(N=C(C)c2cc3ccccc3c3ccccc23)C2=CCC(C)(c3ccccn3)C=C2)cc2ccccc12. The maximum Gasteiger partial charge on any atom is 0.133 e. The monoisotopic (exact) mass is 649 g/mol. The van der Waals surface area contributed by atoms with E-state index in [4.69, 9.17) is 16.4 Å². The number of nitrogens with one attached hydrogen (secondary N) is 1. The molecular weight excluding hydrogens is 607 g/mol. The molecule has 0 spiro atoms. The van der Waals surface area contributed by atoms with Crippen LogP contribution < -0.4 is 5.32 Å². The second-order valence-corrected chi connectivity index (χ2v) is 13.9. The molecule has 6 aromatic rings. The van der Waals surface area contributed by atoms with Crippen LogP contribution in [0, 0.1) is 19.3 Å². The quantitative estimate of drug-likeness (QED) is 0.101. The lowest BCUT2D eigenvalue weighted by molar-refractivity contribution is 0.384. The van der Waals surface area contributed by atoms with Crippen molar-refractivity contribution in [1.29, 1.82) is 0 Å². The maximum absolute atomic E-state index is 5.67. The zero-order valence-corrected chi connectivity index (χ0v) is 29.5. The highest BCUT2D eigenvalue weighted by Gasteiger charge is 2.35. The average molecular weight is 650 g/mol. The Morgan fingerprint density at radius 2 is 1.58 bits per heavy atom. The van der Waals surface area contributed by atoms with Gasteiger partial charge in [-0.3, -0.25) is 15.3 Å². The molecule has 1 heterocycles. The van der Waals surface area contributed by atoms with Crippen LogP contribution in [0.25, 0.3) is 38.4 Å². The summed E-state index contributed by atoms with van der Waals surface area (Å²) >= 11 is 0. The zero-order chi connectivity index (χ0) is 34.9. The van der Waals surface area contributed by atoms with Crippen molar-refractivity contribution in [2.75, 3.05) is 0 Å². The van der Waals surface area contributed by atoms with Gasteiger partial charge in [0.25, 0.3) is 0 Å². The van der Waals surface area contributed by atoms with Gasteiger partial charge in [0.2, 0.25) is 0 Å². The fourth-order valence-corrected chi connectivity index (χ4v) is 7.71. The molecule has 1 N–H and O–H groups in total. The molecule has 50 heavy (non-hydrogen) atoms. The summed E-state index contributed by atoms with van der Waals surface area (Å²) in [5, 5.41) is 11.3. The first-order valence-electron chi connectivity index (χ1n) is 17.4. The van der Waals surface area contributed by atoms with E-state index < -0.39 is 5.66 Å². The summed E-state index contributed by atoms with van der Waals surface area (Å²) in [4.78, 5) is 10.4. The molecule has 1 aromatic heterocycles.